The molecule has 0 aromatic carbocycles. The minimum atomic E-state index is -0.252. The average Bonchev–Trinajstić information content (AvgIpc) is 3.03. The predicted octanol–water partition coefficient (Wildman–Crippen LogP) is 3.37. The normalized spacial score (nSPS) is 16.1. The Morgan fingerprint density at radius 1 is 1.60 bits per heavy atom. The summed E-state index contributed by atoms with van der Waals surface area (Å²) in [6.45, 7) is 3.70. The molecule has 0 bridgehead atoms. The van der Waals surface area contributed by atoms with Gasteiger partial charge in [0.05, 0.1) is 6.20 Å². The molecule has 0 spiro atoms. The number of carbonyl (C=O) groups excluding carboxylic acids is 1. The van der Waals surface area contributed by atoms with E-state index in [1.165, 1.54) is 0 Å². The molecule has 3 rings (SSSR count). The first kappa shape index (κ1) is 13.4. The Morgan fingerprint density at radius 3 is 2.95 bits per heavy atom. The van der Waals surface area contributed by atoms with Gasteiger partial charge in [-0.05, 0) is 48.7 Å². The van der Waals surface area contributed by atoms with Crippen molar-refractivity contribution in [1.29, 1.82) is 0 Å². The second kappa shape index (κ2) is 5.09. The lowest BCUT2D eigenvalue weighted by molar-refractivity contribution is 0.0924. The van der Waals surface area contributed by atoms with Crippen LogP contribution >= 0.6 is 15.9 Å². The third-order valence-electron chi connectivity index (χ3n) is 3.35. The summed E-state index contributed by atoms with van der Waals surface area (Å²) in [6, 6.07) is 2.06. The molecule has 1 N–H and O–H groups in total. The van der Waals surface area contributed by atoms with Crippen LogP contribution in [0.4, 0.5) is 0 Å². The fraction of sp³-hybridized carbons (Fsp3) is 0.429. The Kier molecular flexibility index (Phi) is 3.41. The largest absolute Gasteiger partial charge is 0.444 e. The van der Waals surface area contributed by atoms with E-state index in [4.69, 9.17) is 4.42 Å². The molecule has 1 amide bonds. The SMILES string of the molecule is Cc1cnc(C(C)NC(=O)c2cc(Br)cn2C2CC2)o1. The highest BCUT2D eigenvalue weighted by atomic mass is 79.9. The highest BCUT2D eigenvalue weighted by Gasteiger charge is 2.28. The number of aromatic nitrogens is 2. The van der Waals surface area contributed by atoms with Gasteiger partial charge in [-0.15, -0.1) is 0 Å². The van der Waals surface area contributed by atoms with Gasteiger partial charge in [-0.1, -0.05) is 0 Å². The molecule has 6 heteroatoms. The van der Waals surface area contributed by atoms with Crippen LogP contribution in [0.1, 0.15) is 54.0 Å². The van der Waals surface area contributed by atoms with Gasteiger partial charge in [0.15, 0.2) is 0 Å². The summed E-state index contributed by atoms with van der Waals surface area (Å²) in [5, 5.41) is 2.93. The number of oxazole rings is 1. The minimum absolute atomic E-state index is 0.106. The molecule has 1 aliphatic carbocycles. The molecular weight excluding hydrogens is 322 g/mol. The van der Waals surface area contributed by atoms with Crippen LogP contribution in [-0.4, -0.2) is 15.5 Å². The van der Waals surface area contributed by atoms with E-state index in [1.54, 1.807) is 6.20 Å². The van der Waals surface area contributed by atoms with Crippen molar-refractivity contribution in [2.24, 2.45) is 0 Å². The van der Waals surface area contributed by atoms with Crippen LogP contribution in [0.3, 0.4) is 0 Å². The number of hydrogen-bond donors (Lipinski definition) is 1. The van der Waals surface area contributed by atoms with Crippen LogP contribution in [0.15, 0.2) is 27.3 Å². The minimum Gasteiger partial charge on any atom is -0.444 e. The van der Waals surface area contributed by atoms with Crippen molar-refractivity contribution in [2.45, 2.75) is 38.8 Å². The van der Waals surface area contributed by atoms with Gasteiger partial charge in [0, 0.05) is 16.7 Å². The molecule has 2 heterocycles. The molecule has 1 atom stereocenters. The maximum absolute atomic E-state index is 12.4. The lowest BCUT2D eigenvalue weighted by atomic mass is 10.3. The first-order valence-corrected chi connectivity index (χ1v) is 7.44. The second-order valence-corrected chi connectivity index (χ2v) is 6.10. The van der Waals surface area contributed by atoms with E-state index in [2.05, 4.69) is 26.2 Å². The number of aryl methyl sites for hydroxylation is 1. The summed E-state index contributed by atoms with van der Waals surface area (Å²) in [5.74, 6) is 1.16. The first-order chi connectivity index (χ1) is 9.54. The standard InChI is InChI=1S/C14H16BrN3O2/c1-8-6-16-14(20-8)9(2)17-13(19)12-5-10(15)7-18(12)11-3-4-11/h5-7,9,11H,3-4H2,1-2H3,(H,17,19). The van der Waals surface area contributed by atoms with Crippen molar-refractivity contribution in [3.8, 4) is 0 Å². The van der Waals surface area contributed by atoms with E-state index in [0.29, 0.717) is 17.6 Å². The van der Waals surface area contributed by atoms with Gasteiger partial charge in [0.2, 0.25) is 5.89 Å². The zero-order chi connectivity index (χ0) is 14.3. The van der Waals surface area contributed by atoms with Crippen molar-refractivity contribution < 1.29 is 9.21 Å². The van der Waals surface area contributed by atoms with Crippen LogP contribution in [-0.2, 0) is 0 Å². The molecule has 20 heavy (non-hydrogen) atoms. The van der Waals surface area contributed by atoms with Crippen LogP contribution in [0.5, 0.6) is 0 Å². The highest BCUT2D eigenvalue weighted by Crippen LogP contribution is 2.37. The Labute approximate surface area is 125 Å². The number of halogens is 1. The third-order valence-corrected chi connectivity index (χ3v) is 3.78. The van der Waals surface area contributed by atoms with Gasteiger partial charge in [-0.2, -0.15) is 0 Å². The van der Waals surface area contributed by atoms with Crippen molar-refractivity contribution in [2.75, 3.05) is 0 Å². The molecular formula is C14H16BrN3O2. The molecule has 1 fully saturated rings. The molecule has 2 aromatic heterocycles. The molecule has 1 saturated carbocycles. The zero-order valence-corrected chi connectivity index (χ0v) is 13.0. The zero-order valence-electron chi connectivity index (χ0n) is 11.4. The van der Waals surface area contributed by atoms with Crippen molar-refractivity contribution >= 4 is 21.8 Å². The number of nitrogens with zero attached hydrogens (tertiary/aromatic N) is 2. The highest BCUT2D eigenvalue weighted by molar-refractivity contribution is 9.10. The quantitative estimate of drug-likeness (QED) is 0.930. The van der Waals surface area contributed by atoms with Gasteiger partial charge in [-0.25, -0.2) is 4.98 Å². The maximum atomic E-state index is 12.4. The summed E-state index contributed by atoms with van der Waals surface area (Å²) in [5.41, 5.74) is 0.675. The lowest BCUT2D eigenvalue weighted by Crippen LogP contribution is -2.28. The Hall–Kier alpha value is -1.56. The Morgan fingerprint density at radius 2 is 2.35 bits per heavy atom. The molecule has 1 unspecified atom stereocenters. The number of carbonyl (C=O) groups is 1. The van der Waals surface area contributed by atoms with E-state index in [1.807, 2.05) is 30.7 Å². The first-order valence-electron chi connectivity index (χ1n) is 6.65. The van der Waals surface area contributed by atoms with Crippen LogP contribution in [0.25, 0.3) is 0 Å². The maximum Gasteiger partial charge on any atom is 0.268 e. The van der Waals surface area contributed by atoms with Crippen LogP contribution in [0, 0.1) is 6.92 Å². The second-order valence-electron chi connectivity index (χ2n) is 5.19. The number of nitrogens with one attached hydrogen (secondary N) is 1. The van der Waals surface area contributed by atoms with E-state index in [-0.39, 0.29) is 11.9 Å². The van der Waals surface area contributed by atoms with Gasteiger partial charge < -0.3 is 14.3 Å². The summed E-state index contributed by atoms with van der Waals surface area (Å²) in [7, 11) is 0. The monoisotopic (exact) mass is 337 g/mol. The number of hydrogen-bond acceptors (Lipinski definition) is 3. The Balaban J connectivity index is 1.76. The van der Waals surface area contributed by atoms with Gasteiger partial charge in [-0.3, -0.25) is 4.79 Å². The fourth-order valence-corrected chi connectivity index (χ4v) is 2.62. The number of amides is 1. The van der Waals surface area contributed by atoms with Crippen molar-refractivity contribution in [1.82, 2.24) is 14.9 Å². The fourth-order valence-electron chi connectivity index (χ4n) is 2.19. The molecule has 0 radical (unpaired) electrons. The third kappa shape index (κ3) is 2.65. The van der Waals surface area contributed by atoms with Gasteiger partial charge in [0.25, 0.3) is 5.91 Å². The van der Waals surface area contributed by atoms with Crippen LogP contribution in [0.2, 0.25) is 0 Å². The molecule has 0 aliphatic heterocycles. The lowest BCUT2D eigenvalue weighted by Gasteiger charge is -2.12. The van der Waals surface area contributed by atoms with Crippen molar-refractivity contribution in [3.05, 3.63) is 40.3 Å². The molecule has 1 aliphatic rings. The smallest absolute Gasteiger partial charge is 0.268 e. The topological polar surface area (TPSA) is 60.1 Å². The summed E-state index contributed by atoms with van der Waals surface area (Å²) >= 11 is 3.43. The molecule has 5 nitrogen and oxygen atoms in total. The van der Waals surface area contributed by atoms with Crippen LogP contribution < -0.4 is 5.32 Å². The number of rotatable bonds is 4. The van der Waals surface area contributed by atoms with E-state index >= 15 is 0 Å². The summed E-state index contributed by atoms with van der Waals surface area (Å²) in [6.07, 6.45) is 5.89. The van der Waals surface area contributed by atoms with Crippen molar-refractivity contribution in [3.63, 3.8) is 0 Å². The molecule has 106 valence electrons. The molecule has 0 saturated heterocycles. The van der Waals surface area contributed by atoms with Gasteiger partial charge >= 0.3 is 0 Å². The summed E-state index contributed by atoms with van der Waals surface area (Å²) in [4.78, 5) is 16.5. The average molecular weight is 338 g/mol. The van der Waals surface area contributed by atoms with E-state index in [9.17, 15) is 4.79 Å². The predicted molar refractivity (Wildman–Crippen MR) is 77.5 cm³/mol. The van der Waals surface area contributed by atoms with E-state index < -0.39 is 0 Å². The van der Waals surface area contributed by atoms with Gasteiger partial charge in [0.1, 0.15) is 17.5 Å². The van der Waals surface area contributed by atoms with E-state index in [0.717, 1.165) is 23.1 Å². The summed E-state index contributed by atoms with van der Waals surface area (Å²) < 4.78 is 8.40. The Bertz CT molecular complexity index is 643. The molecule has 2 aromatic rings.